The SMILES string of the molecule is CS(=O)(=O)c1cccc(C(O)C(F)(F)F)c1. The van der Waals surface area contributed by atoms with Gasteiger partial charge < -0.3 is 5.11 Å². The van der Waals surface area contributed by atoms with Crippen LogP contribution in [-0.4, -0.2) is 26.0 Å². The summed E-state index contributed by atoms with van der Waals surface area (Å²) in [6, 6.07) is 4.16. The number of alkyl halides is 3. The van der Waals surface area contributed by atoms with Gasteiger partial charge in [0.2, 0.25) is 0 Å². The molecule has 1 N–H and O–H groups in total. The molecule has 0 aliphatic heterocycles. The summed E-state index contributed by atoms with van der Waals surface area (Å²) in [5, 5.41) is 8.93. The van der Waals surface area contributed by atoms with Crippen LogP contribution in [0.2, 0.25) is 0 Å². The van der Waals surface area contributed by atoms with Crippen LogP contribution in [0.5, 0.6) is 0 Å². The summed E-state index contributed by atoms with van der Waals surface area (Å²) >= 11 is 0. The lowest BCUT2D eigenvalue weighted by Gasteiger charge is -2.15. The molecule has 0 heterocycles. The number of aliphatic hydroxyl groups excluding tert-OH is 1. The summed E-state index contributed by atoms with van der Waals surface area (Å²) < 4.78 is 58.7. The predicted molar refractivity (Wildman–Crippen MR) is 50.6 cm³/mol. The quantitative estimate of drug-likeness (QED) is 0.873. The van der Waals surface area contributed by atoms with Crippen LogP contribution in [0.3, 0.4) is 0 Å². The van der Waals surface area contributed by atoms with Crippen LogP contribution in [0.25, 0.3) is 0 Å². The van der Waals surface area contributed by atoms with Gasteiger partial charge in [0.05, 0.1) is 4.90 Å². The van der Waals surface area contributed by atoms with Gasteiger partial charge in [-0.25, -0.2) is 8.42 Å². The van der Waals surface area contributed by atoms with Crippen LogP contribution in [0.4, 0.5) is 13.2 Å². The first-order chi connectivity index (χ1) is 7.12. The van der Waals surface area contributed by atoms with E-state index in [9.17, 15) is 21.6 Å². The summed E-state index contributed by atoms with van der Waals surface area (Å²) in [6.07, 6.45) is -6.60. The highest BCUT2D eigenvalue weighted by Gasteiger charge is 2.39. The molecule has 0 aliphatic rings. The van der Waals surface area contributed by atoms with E-state index >= 15 is 0 Å². The van der Waals surface area contributed by atoms with Gasteiger partial charge in [0.1, 0.15) is 0 Å². The minimum absolute atomic E-state index is 0.256. The Morgan fingerprint density at radius 1 is 1.31 bits per heavy atom. The molecule has 0 aliphatic carbocycles. The maximum absolute atomic E-state index is 12.2. The Bertz CT molecular complexity index is 479. The highest BCUT2D eigenvalue weighted by molar-refractivity contribution is 7.90. The first kappa shape index (κ1) is 13.0. The van der Waals surface area contributed by atoms with Crippen LogP contribution in [0.1, 0.15) is 11.7 Å². The van der Waals surface area contributed by atoms with Gasteiger partial charge in [0, 0.05) is 6.26 Å². The van der Waals surface area contributed by atoms with E-state index in [0.29, 0.717) is 0 Å². The number of rotatable bonds is 2. The number of sulfone groups is 1. The minimum Gasteiger partial charge on any atom is -0.379 e. The molecule has 1 rings (SSSR count). The molecule has 0 bridgehead atoms. The molecule has 0 saturated heterocycles. The van der Waals surface area contributed by atoms with E-state index in [2.05, 4.69) is 0 Å². The Balaban J connectivity index is 3.19. The Hall–Kier alpha value is -1.08. The van der Waals surface area contributed by atoms with E-state index in [-0.39, 0.29) is 4.90 Å². The number of benzene rings is 1. The van der Waals surface area contributed by atoms with Gasteiger partial charge in [0.25, 0.3) is 0 Å². The summed E-state index contributed by atoms with van der Waals surface area (Å²) in [7, 11) is -3.58. The first-order valence-electron chi connectivity index (χ1n) is 4.17. The molecular formula is C9H9F3O3S. The van der Waals surface area contributed by atoms with Crippen molar-refractivity contribution < 1.29 is 26.7 Å². The zero-order valence-electron chi connectivity index (χ0n) is 8.19. The third kappa shape index (κ3) is 2.96. The lowest BCUT2D eigenvalue weighted by atomic mass is 10.1. The van der Waals surface area contributed by atoms with Crippen molar-refractivity contribution in [3.8, 4) is 0 Å². The molecule has 90 valence electrons. The van der Waals surface area contributed by atoms with Crippen LogP contribution < -0.4 is 0 Å². The second-order valence-corrected chi connectivity index (χ2v) is 5.30. The van der Waals surface area contributed by atoms with Crippen molar-refractivity contribution in [1.82, 2.24) is 0 Å². The van der Waals surface area contributed by atoms with E-state index < -0.39 is 27.7 Å². The lowest BCUT2D eigenvalue weighted by Crippen LogP contribution is -2.20. The molecule has 0 aromatic heterocycles. The first-order valence-corrected chi connectivity index (χ1v) is 6.06. The average molecular weight is 254 g/mol. The zero-order valence-corrected chi connectivity index (χ0v) is 9.01. The molecule has 16 heavy (non-hydrogen) atoms. The van der Waals surface area contributed by atoms with Crippen molar-refractivity contribution in [3.63, 3.8) is 0 Å². The molecular weight excluding hydrogens is 245 g/mol. The number of aliphatic hydroxyl groups is 1. The second-order valence-electron chi connectivity index (χ2n) is 3.29. The fourth-order valence-electron chi connectivity index (χ4n) is 1.10. The van der Waals surface area contributed by atoms with Crippen molar-refractivity contribution in [3.05, 3.63) is 29.8 Å². The molecule has 1 atom stereocenters. The molecule has 0 saturated carbocycles. The molecule has 1 unspecified atom stereocenters. The summed E-state index contributed by atoms with van der Waals surface area (Å²) in [5.74, 6) is 0. The Kier molecular flexibility index (Phi) is 3.30. The average Bonchev–Trinajstić information content (AvgIpc) is 2.14. The van der Waals surface area contributed by atoms with Gasteiger partial charge in [-0.3, -0.25) is 0 Å². The van der Waals surface area contributed by atoms with Gasteiger partial charge in [-0.2, -0.15) is 13.2 Å². The summed E-state index contributed by atoms with van der Waals surface area (Å²) in [5.41, 5.74) is -0.490. The molecule has 1 aromatic carbocycles. The van der Waals surface area contributed by atoms with Gasteiger partial charge >= 0.3 is 6.18 Å². The molecule has 1 aromatic rings. The van der Waals surface area contributed by atoms with Gasteiger partial charge in [0.15, 0.2) is 15.9 Å². The van der Waals surface area contributed by atoms with Crippen LogP contribution in [-0.2, 0) is 9.84 Å². The standard InChI is InChI=1S/C9H9F3O3S/c1-16(14,15)7-4-2-3-6(5-7)8(13)9(10,11)12/h2-5,8,13H,1H3. The van der Waals surface area contributed by atoms with Crippen molar-refractivity contribution in [1.29, 1.82) is 0 Å². The highest BCUT2D eigenvalue weighted by atomic mass is 32.2. The molecule has 0 radical (unpaired) electrons. The topological polar surface area (TPSA) is 54.4 Å². The van der Waals surface area contributed by atoms with Crippen LogP contribution in [0.15, 0.2) is 29.2 Å². The van der Waals surface area contributed by atoms with Gasteiger partial charge in [-0.15, -0.1) is 0 Å². The zero-order chi connectivity index (χ0) is 12.6. The van der Waals surface area contributed by atoms with Crippen molar-refractivity contribution in [2.75, 3.05) is 6.26 Å². The Labute approximate surface area is 90.4 Å². The maximum Gasteiger partial charge on any atom is 0.418 e. The smallest absolute Gasteiger partial charge is 0.379 e. The normalized spacial score (nSPS) is 14.8. The molecule has 0 spiro atoms. The maximum atomic E-state index is 12.2. The molecule has 3 nitrogen and oxygen atoms in total. The summed E-state index contributed by atoms with van der Waals surface area (Å²) in [4.78, 5) is -0.256. The monoisotopic (exact) mass is 254 g/mol. The lowest BCUT2D eigenvalue weighted by molar-refractivity contribution is -0.206. The largest absolute Gasteiger partial charge is 0.418 e. The second kappa shape index (κ2) is 4.06. The predicted octanol–water partition coefficient (Wildman–Crippen LogP) is 1.69. The van der Waals surface area contributed by atoms with E-state index in [1.165, 1.54) is 6.07 Å². The van der Waals surface area contributed by atoms with E-state index in [4.69, 9.17) is 5.11 Å². The fourth-order valence-corrected chi connectivity index (χ4v) is 1.78. The fraction of sp³-hybridized carbons (Fsp3) is 0.333. The van der Waals surface area contributed by atoms with E-state index in [1.54, 1.807) is 0 Å². The van der Waals surface area contributed by atoms with Crippen molar-refractivity contribution in [2.24, 2.45) is 0 Å². The Morgan fingerprint density at radius 2 is 1.88 bits per heavy atom. The molecule has 0 fully saturated rings. The third-order valence-electron chi connectivity index (χ3n) is 1.91. The van der Waals surface area contributed by atoms with Gasteiger partial charge in [-0.1, -0.05) is 12.1 Å². The highest BCUT2D eigenvalue weighted by Crippen LogP contribution is 2.32. The molecule has 7 heteroatoms. The number of hydrogen-bond acceptors (Lipinski definition) is 3. The van der Waals surface area contributed by atoms with Crippen LogP contribution >= 0.6 is 0 Å². The van der Waals surface area contributed by atoms with Gasteiger partial charge in [-0.05, 0) is 17.7 Å². The molecule has 0 amide bonds. The Morgan fingerprint density at radius 3 is 2.31 bits per heavy atom. The van der Waals surface area contributed by atoms with Crippen molar-refractivity contribution >= 4 is 9.84 Å². The number of hydrogen-bond donors (Lipinski definition) is 1. The van der Waals surface area contributed by atoms with E-state index in [1.807, 2.05) is 0 Å². The minimum atomic E-state index is -4.81. The van der Waals surface area contributed by atoms with E-state index in [0.717, 1.165) is 24.5 Å². The van der Waals surface area contributed by atoms with Crippen molar-refractivity contribution in [2.45, 2.75) is 17.2 Å². The summed E-state index contributed by atoms with van der Waals surface area (Å²) in [6.45, 7) is 0. The third-order valence-corrected chi connectivity index (χ3v) is 3.02. The number of halogens is 3. The van der Waals surface area contributed by atoms with Crippen LogP contribution in [0, 0.1) is 0 Å².